The second kappa shape index (κ2) is 6.76. The Bertz CT molecular complexity index is 938. The minimum absolute atomic E-state index is 0.185. The molecule has 0 fully saturated rings. The van der Waals surface area contributed by atoms with Crippen LogP contribution in [0.25, 0.3) is 22.2 Å². The SMILES string of the molecule is O=C1NCCCOc2ccc3[nH]nc(c3c2)-c2ccc(Br)c(c2)CO1. The van der Waals surface area contributed by atoms with Crippen LogP contribution in [-0.4, -0.2) is 29.4 Å². The number of halogens is 1. The lowest BCUT2D eigenvalue weighted by Crippen LogP contribution is -2.26. The maximum atomic E-state index is 11.8. The van der Waals surface area contributed by atoms with Gasteiger partial charge in [-0.3, -0.25) is 5.10 Å². The van der Waals surface area contributed by atoms with Crippen LogP contribution in [0.4, 0.5) is 4.79 Å². The number of ether oxygens (including phenoxy) is 2. The highest BCUT2D eigenvalue weighted by Crippen LogP contribution is 2.31. The quantitative estimate of drug-likeness (QED) is 0.596. The van der Waals surface area contributed by atoms with Crippen LogP contribution in [0.1, 0.15) is 12.0 Å². The second-order valence-electron chi connectivity index (χ2n) is 5.79. The Labute approximate surface area is 152 Å². The number of rotatable bonds is 0. The Balaban J connectivity index is 1.81. The molecule has 1 aromatic heterocycles. The number of nitrogens with one attached hydrogen (secondary N) is 2. The number of aromatic amines is 1. The van der Waals surface area contributed by atoms with Gasteiger partial charge in [-0.15, -0.1) is 0 Å². The summed E-state index contributed by atoms with van der Waals surface area (Å²) in [4.78, 5) is 11.8. The fraction of sp³-hybridized carbons (Fsp3) is 0.222. The highest BCUT2D eigenvalue weighted by molar-refractivity contribution is 9.10. The molecular weight excluding hydrogens is 386 g/mol. The number of hydrogen-bond donors (Lipinski definition) is 2. The first kappa shape index (κ1) is 16.0. The molecule has 4 bridgehead atoms. The van der Waals surface area contributed by atoms with E-state index in [4.69, 9.17) is 9.47 Å². The molecule has 1 aliphatic heterocycles. The minimum atomic E-state index is -0.435. The van der Waals surface area contributed by atoms with Gasteiger partial charge in [-0.2, -0.15) is 5.10 Å². The van der Waals surface area contributed by atoms with Gasteiger partial charge in [0.1, 0.15) is 18.1 Å². The Hall–Kier alpha value is -2.54. The number of cyclic esters (lactones) is 1. The van der Waals surface area contributed by atoms with Crippen molar-refractivity contribution in [2.24, 2.45) is 0 Å². The molecule has 0 aliphatic carbocycles. The van der Waals surface area contributed by atoms with Crippen LogP contribution in [0.15, 0.2) is 40.9 Å². The van der Waals surface area contributed by atoms with Gasteiger partial charge in [0.25, 0.3) is 0 Å². The van der Waals surface area contributed by atoms with Crippen LogP contribution >= 0.6 is 15.9 Å². The van der Waals surface area contributed by atoms with Crippen LogP contribution in [0.5, 0.6) is 5.75 Å². The number of aromatic nitrogens is 2. The minimum Gasteiger partial charge on any atom is -0.494 e. The number of hydrogen-bond acceptors (Lipinski definition) is 4. The molecule has 3 aromatic rings. The molecule has 128 valence electrons. The molecule has 0 radical (unpaired) electrons. The van der Waals surface area contributed by atoms with E-state index in [1.165, 1.54) is 0 Å². The van der Waals surface area contributed by atoms with Gasteiger partial charge in [-0.25, -0.2) is 4.79 Å². The first-order chi connectivity index (χ1) is 12.2. The first-order valence-electron chi connectivity index (χ1n) is 8.01. The van der Waals surface area contributed by atoms with E-state index in [1.807, 2.05) is 36.4 Å². The van der Waals surface area contributed by atoms with Gasteiger partial charge in [0, 0.05) is 27.5 Å². The van der Waals surface area contributed by atoms with Crippen molar-refractivity contribution in [2.45, 2.75) is 13.0 Å². The average Bonchev–Trinajstić information content (AvgIpc) is 3.03. The monoisotopic (exact) mass is 401 g/mol. The van der Waals surface area contributed by atoms with Gasteiger partial charge in [0.15, 0.2) is 0 Å². The third-order valence-electron chi connectivity index (χ3n) is 4.07. The van der Waals surface area contributed by atoms with Gasteiger partial charge >= 0.3 is 6.09 Å². The van der Waals surface area contributed by atoms with Gasteiger partial charge in [-0.05, 0) is 36.8 Å². The van der Waals surface area contributed by atoms with Crippen molar-refractivity contribution in [1.82, 2.24) is 15.5 Å². The zero-order chi connectivity index (χ0) is 17.2. The lowest BCUT2D eigenvalue weighted by Gasteiger charge is -2.09. The van der Waals surface area contributed by atoms with Crippen molar-refractivity contribution >= 4 is 32.9 Å². The van der Waals surface area contributed by atoms with E-state index in [2.05, 4.69) is 31.4 Å². The van der Waals surface area contributed by atoms with Crippen molar-refractivity contribution in [3.63, 3.8) is 0 Å². The van der Waals surface area contributed by atoms with Crippen molar-refractivity contribution in [3.05, 3.63) is 46.4 Å². The van der Waals surface area contributed by atoms with E-state index < -0.39 is 6.09 Å². The molecule has 2 aromatic carbocycles. The molecule has 2 N–H and O–H groups in total. The van der Waals surface area contributed by atoms with E-state index >= 15 is 0 Å². The number of nitrogens with zero attached hydrogens (tertiary/aromatic N) is 1. The van der Waals surface area contributed by atoms with E-state index in [1.54, 1.807) is 0 Å². The molecule has 6 nitrogen and oxygen atoms in total. The van der Waals surface area contributed by atoms with Gasteiger partial charge in [0.2, 0.25) is 0 Å². The zero-order valence-corrected chi connectivity index (χ0v) is 14.9. The summed E-state index contributed by atoms with van der Waals surface area (Å²) >= 11 is 3.51. The summed E-state index contributed by atoms with van der Waals surface area (Å²) in [6.45, 7) is 1.20. The molecule has 1 amide bonds. The van der Waals surface area contributed by atoms with E-state index in [-0.39, 0.29) is 6.61 Å². The van der Waals surface area contributed by atoms with Crippen molar-refractivity contribution in [1.29, 1.82) is 0 Å². The summed E-state index contributed by atoms with van der Waals surface area (Å²) in [5, 5.41) is 11.2. The Morgan fingerprint density at radius 3 is 2.96 bits per heavy atom. The van der Waals surface area contributed by atoms with Crippen molar-refractivity contribution in [2.75, 3.05) is 13.2 Å². The topological polar surface area (TPSA) is 76.2 Å². The largest absolute Gasteiger partial charge is 0.494 e. The number of alkyl carbamates (subject to hydrolysis) is 1. The Kier molecular flexibility index (Phi) is 4.31. The fourth-order valence-corrected chi connectivity index (χ4v) is 3.14. The zero-order valence-electron chi connectivity index (χ0n) is 13.3. The summed E-state index contributed by atoms with van der Waals surface area (Å²) in [6, 6.07) is 11.8. The molecule has 25 heavy (non-hydrogen) atoms. The smallest absolute Gasteiger partial charge is 0.407 e. The highest BCUT2D eigenvalue weighted by Gasteiger charge is 2.13. The molecule has 1 aliphatic rings. The normalized spacial score (nSPS) is 15.0. The number of amides is 1. The predicted molar refractivity (Wildman–Crippen MR) is 97.5 cm³/mol. The number of benzene rings is 2. The molecule has 0 spiro atoms. The number of carbonyl (C=O) groups excluding carboxylic acids is 1. The summed E-state index contributed by atoms with van der Waals surface area (Å²) < 4.78 is 12.0. The van der Waals surface area contributed by atoms with E-state index in [9.17, 15) is 4.79 Å². The maximum Gasteiger partial charge on any atom is 0.407 e. The number of H-pyrrole nitrogens is 1. The fourth-order valence-electron chi connectivity index (χ4n) is 2.78. The molecule has 4 rings (SSSR count). The summed E-state index contributed by atoms with van der Waals surface area (Å²) in [7, 11) is 0. The lowest BCUT2D eigenvalue weighted by atomic mass is 10.1. The molecule has 2 heterocycles. The lowest BCUT2D eigenvalue weighted by molar-refractivity contribution is 0.139. The molecule has 0 unspecified atom stereocenters. The summed E-state index contributed by atoms with van der Waals surface area (Å²) in [6.07, 6.45) is 0.262. The number of fused-ring (bicyclic) bond motifs is 4. The first-order valence-corrected chi connectivity index (χ1v) is 8.80. The van der Waals surface area contributed by atoms with Crippen molar-refractivity contribution in [3.8, 4) is 17.0 Å². The predicted octanol–water partition coefficient (Wildman–Crippen LogP) is 4.00. The van der Waals surface area contributed by atoms with Gasteiger partial charge in [-0.1, -0.05) is 22.0 Å². The van der Waals surface area contributed by atoms with Crippen LogP contribution in [0, 0.1) is 0 Å². The van der Waals surface area contributed by atoms with Crippen molar-refractivity contribution < 1.29 is 14.3 Å². The Morgan fingerprint density at radius 1 is 1.12 bits per heavy atom. The molecule has 0 saturated carbocycles. The maximum absolute atomic E-state index is 11.8. The second-order valence-corrected chi connectivity index (χ2v) is 6.65. The van der Waals surface area contributed by atoms with Crippen LogP contribution in [0.2, 0.25) is 0 Å². The van der Waals surface area contributed by atoms with Gasteiger partial charge < -0.3 is 14.8 Å². The molecular formula is C18H16BrN3O3. The molecule has 0 saturated heterocycles. The summed E-state index contributed by atoms with van der Waals surface area (Å²) in [5.74, 6) is 0.782. The van der Waals surface area contributed by atoms with E-state index in [0.29, 0.717) is 19.6 Å². The number of carbonyl (C=O) groups is 1. The average molecular weight is 402 g/mol. The highest BCUT2D eigenvalue weighted by atomic mass is 79.9. The third-order valence-corrected chi connectivity index (χ3v) is 4.85. The third kappa shape index (κ3) is 3.32. The van der Waals surface area contributed by atoms with Crippen LogP contribution in [-0.2, 0) is 11.3 Å². The van der Waals surface area contributed by atoms with Crippen LogP contribution in [0.3, 0.4) is 0 Å². The standard InChI is InChI=1S/C18H16BrN3O3/c19-15-4-2-11-8-12(15)10-25-18(23)20-6-1-7-24-13-3-5-16-14(9-13)17(11)22-21-16/h2-5,8-9H,1,6-7,10H2,(H,20,23)(H,21,22). The molecule has 0 atom stereocenters. The van der Waals surface area contributed by atoms with Crippen LogP contribution < -0.4 is 10.1 Å². The summed E-state index contributed by atoms with van der Waals surface area (Å²) in [5.41, 5.74) is 3.62. The van der Waals surface area contributed by atoms with E-state index in [0.717, 1.165) is 37.9 Å². The Morgan fingerprint density at radius 2 is 2.04 bits per heavy atom. The van der Waals surface area contributed by atoms with Gasteiger partial charge in [0.05, 0.1) is 12.1 Å². The molecule has 7 heteroatoms.